The van der Waals surface area contributed by atoms with Gasteiger partial charge in [0.25, 0.3) is 5.79 Å². The van der Waals surface area contributed by atoms with Gasteiger partial charge in [0.05, 0.1) is 5.41 Å². The van der Waals surface area contributed by atoms with Crippen LogP contribution in [0, 0.1) is 11.3 Å². The Morgan fingerprint density at radius 1 is 1.07 bits per heavy atom. The van der Waals surface area contributed by atoms with E-state index in [2.05, 4.69) is 5.32 Å². The Bertz CT molecular complexity index is 819. The van der Waals surface area contributed by atoms with Crippen LogP contribution in [0.15, 0.2) is 18.2 Å². The lowest BCUT2D eigenvalue weighted by molar-refractivity contribution is -0.149. The number of carboxylic acids is 1. The maximum Gasteiger partial charge on any atom is 0.321 e. The van der Waals surface area contributed by atoms with Gasteiger partial charge < -0.3 is 24.8 Å². The first-order chi connectivity index (χ1) is 13.5. The third-order valence-corrected chi connectivity index (χ3v) is 6.99. The van der Waals surface area contributed by atoms with E-state index in [9.17, 15) is 14.7 Å². The average molecular weight is 386 g/mol. The molecule has 150 valence electrons. The number of benzene rings is 1. The quantitative estimate of drug-likeness (QED) is 0.806. The van der Waals surface area contributed by atoms with Crippen molar-refractivity contribution in [1.29, 1.82) is 0 Å². The zero-order chi connectivity index (χ0) is 19.4. The molecule has 7 heteroatoms. The second-order valence-electron chi connectivity index (χ2n) is 8.70. The summed E-state index contributed by atoms with van der Waals surface area (Å²) in [4.78, 5) is 26.2. The summed E-state index contributed by atoms with van der Waals surface area (Å²) in [7, 11) is 0. The Morgan fingerprint density at radius 2 is 1.86 bits per heavy atom. The van der Waals surface area contributed by atoms with Crippen LogP contribution in [0.5, 0.6) is 11.5 Å². The molecule has 2 amide bonds. The van der Waals surface area contributed by atoms with E-state index in [1.54, 1.807) is 11.0 Å². The van der Waals surface area contributed by atoms with Gasteiger partial charge in [-0.15, -0.1) is 0 Å². The Hall–Kier alpha value is -2.44. The molecule has 2 heterocycles. The zero-order valence-corrected chi connectivity index (χ0v) is 15.9. The average Bonchev–Trinajstić information content (AvgIpc) is 3.32. The van der Waals surface area contributed by atoms with Gasteiger partial charge in [-0.1, -0.05) is 12.8 Å². The summed E-state index contributed by atoms with van der Waals surface area (Å²) >= 11 is 0. The molecular weight excluding hydrogens is 360 g/mol. The van der Waals surface area contributed by atoms with E-state index in [-0.39, 0.29) is 18.5 Å². The summed E-state index contributed by atoms with van der Waals surface area (Å²) in [5, 5.41) is 12.6. The van der Waals surface area contributed by atoms with Crippen molar-refractivity contribution in [3.05, 3.63) is 18.2 Å². The normalized spacial score (nSPS) is 29.7. The van der Waals surface area contributed by atoms with Crippen LogP contribution in [-0.2, 0) is 4.79 Å². The number of ether oxygens (including phenoxy) is 2. The monoisotopic (exact) mass is 386 g/mol. The summed E-state index contributed by atoms with van der Waals surface area (Å²) in [5.74, 6) is 0.133. The first kappa shape index (κ1) is 17.6. The molecule has 4 aliphatic rings. The van der Waals surface area contributed by atoms with Gasteiger partial charge in [0, 0.05) is 37.7 Å². The SMILES string of the molecule is O=C(Nc1ccc2c(c1)OC1(CCCCC1)O2)N1C[C@@H]2CCC[C@@]2(C(=O)O)C1. The van der Waals surface area contributed by atoms with E-state index in [1.165, 1.54) is 6.42 Å². The number of hydrogen-bond acceptors (Lipinski definition) is 4. The molecule has 0 aromatic heterocycles. The van der Waals surface area contributed by atoms with Crippen molar-refractivity contribution in [3.8, 4) is 11.5 Å². The summed E-state index contributed by atoms with van der Waals surface area (Å²) in [6, 6.07) is 5.21. The lowest BCUT2D eigenvalue weighted by Crippen LogP contribution is -2.40. The number of rotatable bonds is 2. The van der Waals surface area contributed by atoms with E-state index in [0.29, 0.717) is 24.4 Å². The lowest BCUT2D eigenvalue weighted by atomic mass is 9.81. The predicted molar refractivity (Wildman–Crippen MR) is 102 cm³/mol. The highest BCUT2D eigenvalue weighted by Crippen LogP contribution is 2.49. The number of nitrogens with one attached hydrogen (secondary N) is 1. The Balaban J connectivity index is 1.27. The largest absolute Gasteiger partial charge is 0.481 e. The number of anilines is 1. The molecule has 28 heavy (non-hydrogen) atoms. The molecule has 2 N–H and O–H groups in total. The third-order valence-electron chi connectivity index (χ3n) is 6.99. The van der Waals surface area contributed by atoms with Crippen LogP contribution in [0.4, 0.5) is 10.5 Å². The molecule has 5 rings (SSSR count). The first-order valence-electron chi connectivity index (χ1n) is 10.3. The number of hydrogen-bond donors (Lipinski definition) is 2. The van der Waals surface area contributed by atoms with Crippen molar-refractivity contribution < 1.29 is 24.2 Å². The molecule has 0 bridgehead atoms. The molecule has 2 atom stereocenters. The third kappa shape index (κ3) is 2.71. The van der Waals surface area contributed by atoms with Crippen molar-refractivity contribution >= 4 is 17.7 Å². The van der Waals surface area contributed by atoms with E-state index in [0.717, 1.165) is 44.3 Å². The van der Waals surface area contributed by atoms with Crippen LogP contribution in [0.2, 0.25) is 0 Å². The number of carboxylic acid groups (broad SMARTS) is 1. The molecule has 7 nitrogen and oxygen atoms in total. The molecule has 2 aliphatic carbocycles. The van der Waals surface area contributed by atoms with Gasteiger partial charge >= 0.3 is 12.0 Å². The van der Waals surface area contributed by atoms with Crippen LogP contribution in [-0.4, -0.2) is 40.9 Å². The Morgan fingerprint density at radius 3 is 2.61 bits per heavy atom. The van der Waals surface area contributed by atoms with Crippen LogP contribution in [0.1, 0.15) is 51.4 Å². The predicted octanol–water partition coefficient (Wildman–Crippen LogP) is 3.84. The highest BCUT2D eigenvalue weighted by molar-refractivity contribution is 5.91. The van der Waals surface area contributed by atoms with Crippen LogP contribution in [0.3, 0.4) is 0 Å². The summed E-state index contributed by atoms with van der Waals surface area (Å²) in [6.45, 7) is 0.790. The van der Waals surface area contributed by atoms with Crippen molar-refractivity contribution in [2.75, 3.05) is 18.4 Å². The van der Waals surface area contributed by atoms with Crippen LogP contribution in [0.25, 0.3) is 0 Å². The smallest absolute Gasteiger partial charge is 0.321 e. The molecule has 2 saturated carbocycles. The molecule has 3 fully saturated rings. The number of carbonyl (C=O) groups is 2. The summed E-state index contributed by atoms with van der Waals surface area (Å²) < 4.78 is 12.2. The number of urea groups is 1. The maximum absolute atomic E-state index is 12.8. The zero-order valence-electron chi connectivity index (χ0n) is 15.9. The number of amides is 2. The molecule has 1 saturated heterocycles. The van der Waals surface area contributed by atoms with Crippen LogP contribution >= 0.6 is 0 Å². The molecule has 1 spiro atoms. The molecule has 0 unspecified atom stereocenters. The van der Waals surface area contributed by atoms with Gasteiger partial charge in [0.2, 0.25) is 0 Å². The van der Waals surface area contributed by atoms with Gasteiger partial charge in [-0.3, -0.25) is 4.79 Å². The molecule has 2 aliphatic heterocycles. The highest BCUT2D eigenvalue weighted by Gasteiger charge is 2.55. The number of nitrogens with zero attached hydrogens (tertiary/aromatic N) is 1. The Kier molecular flexibility index (Phi) is 3.96. The van der Waals surface area contributed by atoms with Crippen molar-refractivity contribution in [1.82, 2.24) is 4.90 Å². The minimum Gasteiger partial charge on any atom is -0.481 e. The second-order valence-corrected chi connectivity index (χ2v) is 8.70. The van der Waals surface area contributed by atoms with Crippen molar-refractivity contribution in [2.24, 2.45) is 11.3 Å². The van der Waals surface area contributed by atoms with Crippen LogP contribution < -0.4 is 14.8 Å². The van der Waals surface area contributed by atoms with E-state index < -0.39 is 17.2 Å². The van der Waals surface area contributed by atoms with Crippen molar-refractivity contribution in [2.45, 2.75) is 57.2 Å². The van der Waals surface area contributed by atoms with Crippen molar-refractivity contribution in [3.63, 3.8) is 0 Å². The minimum absolute atomic E-state index is 0.0543. The number of carbonyl (C=O) groups excluding carboxylic acids is 1. The minimum atomic E-state index is -0.772. The van der Waals surface area contributed by atoms with E-state index in [1.807, 2.05) is 12.1 Å². The van der Waals surface area contributed by atoms with Gasteiger partial charge in [-0.2, -0.15) is 0 Å². The fourth-order valence-electron chi connectivity index (χ4n) is 5.46. The molecular formula is C21H26N2O5. The lowest BCUT2D eigenvalue weighted by Gasteiger charge is -2.31. The molecule has 1 aromatic carbocycles. The first-order valence-corrected chi connectivity index (χ1v) is 10.3. The van der Waals surface area contributed by atoms with E-state index in [4.69, 9.17) is 9.47 Å². The molecule has 0 radical (unpaired) electrons. The topological polar surface area (TPSA) is 88.1 Å². The summed E-state index contributed by atoms with van der Waals surface area (Å²) in [6.07, 6.45) is 7.63. The Labute approximate surface area is 164 Å². The second kappa shape index (κ2) is 6.29. The fraction of sp³-hybridized carbons (Fsp3) is 0.619. The van der Waals surface area contributed by atoms with Gasteiger partial charge in [0.15, 0.2) is 11.5 Å². The van der Waals surface area contributed by atoms with Gasteiger partial charge in [-0.25, -0.2) is 4.79 Å². The van der Waals surface area contributed by atoms with Gasteiger partial charge in [-0.05, 0) is 43.7 Å². The standard InChI is InChI=1S/C21H26N2O5/c24-18(25)20-8-4-5-14(20)12-23(13-20)19(26)22-15-6-7-16-17(11-15)28-21(27-16)9-2-1-3-10-21/h6-7,11,14H,1-5,8-10,12-13H2,(H,22,26)(H,24,25)/t14-,20+/m0/s1. The van der Waals surface area contributed by atoms with Gasteiger partial charge in [0.1, 0.15) is 0 Å². The van der Waals surface area contributed by atoms with E-state index >= 15 is 0 Å². The number of aliphatic carboxylic acids is 1. The number of likely N-dealkylation sites (tertiary alicyclic amines) is 1. The fourth-order valence-corrected chi connectivity index (χ4v) is 5.46. The number of fused-ring (bicyclic) bond motifs is 2. The summed E-state index contributed by atoms with van der Waals surface area (Å²) in [5.41, 5.74) is -0.124. The molecule has 1 aromatic rings. The maximum atomic E-state index is 12.8. The highest BCUT2D eigenvalue weighted by atomic mass is 16.7.